The highest BCUT2D eigenvalue weighted by Gasteiger charge is 2.27. The Morgan fingerprint density at radius 1 is 1.08 bits per heavy atom. The van der Waals surface area contributed by atoms with Gasteiger partial charge in [0.25, 0.3) is 0 Å². The van der Waals surface area contributed by atoms with Gasteiger partial charge in [0.2, 0.25) is 0 Å². The molecule has 76 valence electrons. The number of hydrogen-bond acceptors (Lipinski definition) is 2. The van der Waals surface area contributed by atoms with E-state index in [2.05, 4.69) is 5.32 Å². The topological polar surface area (TPSA) is 21.3 Å². The predicted molar refractivity (Wildman–Crippen MR) is 53.7 cm³/mol. The summed E-state index contributed by atoms with van der Waals surface area (Å²) in [7, 11) is 1.87. The lowest BCUT2D eigenvalue weighted by Crippen LogP contribution is -2.30. The Morgan fingerprint density at radius 2 is 2.00 bits per heavy atom. The minimum Gasteiger partial charge on any atom is -0.381 e. The van der Waals surface area contributed by atoms with E-state index in [9.17, 15) is 0 Å². The Hall–Kier alpha value is -0.0800. The van der Waals surface area contributed by atoms with Crippen LogP contribution in [0.15, 0.2) is 0 Å². The van der Waals surface area contributed by atoms with Crippen molar-refractivity contribution in [2.24, 2.45) is 11.8 Å². The summed E-state index contributed by atoms with van der Waals surface area (Å²) in [5, 5.41) is 3.57. The molecule has 2 bridgehead atoms. The zero-order valence-electron chi connectivity index (χ0n) is 8.59. The molecule has 0 spiro atoms. The second-order valence-corrected chi connectivity index (χ2v) is 4.57. The number of fused-ring (bicyclic) bond motifs is 3. The van der Waals surface area contributed by atoms with E-state index in [-0.39, 0.29) is 0 Å². The van der Waals surface area contributed by atoms with Crippen LogP contribution in [0.5, 0.6) is 0 Å². The van der Waals surface area contributed by atoms with Gasteiger partial charge in [-0.15, -0.1) is 0 Å². The summed E-state index contributed by atoms with van der Waals surface area (Å²) < 4.78 is 5.57. The van der Waals surface area contributed by atoms with Crippen LogP contribution >= 0.6 is 0 Å². The summed E-state index contributed by atoms with van der Waals surface area (Å²) >= 11 is 0. The summed E-state index contributed by atoms with van der Waals surface area (Å²) in [4.78, 5) is 0. The van der Waals surface area contributed by atoms with Crippen LogP contribution in [-0.4, -0.2) is 26.3 Å². The molecule has 1 aliphatic heterocycles. The Kier molecular flexibility index (Phi) is 3.23. The normalized spacial score (nSPS) is 40.8. The Bertz CT molecular complexity index is 160. The molecular formula is C11H21NO. The molecule has 1 aliphatic carbocycles. The molecule has 0 aromatic carbocycles. The minimum atomic E-state index is 0.520. The molecule has 2 fully saturated rings. The first-order valence-corrected chi connectivity index (χ1v) is 5.63. The van der Waals surface area contributed by atoms with Crippen molar-refractivity contribution in [2.45, 2.75) is 38.2 Å². The maximum absolute atomic E-state index is 5.57. The largest absolute Gasteiger partial charge is 0.381 e. The van der Waals surface area contributed by atoms with Crippen LogP contribution in [0.2, 0.25) is 0 Å². The van der Waals surface area contributed by atoms with Crippen LogP contribution in [0.25, 0.3) is 0 Å². The van der Waals surface area contributed by atoms with E-state index in [1.54, 1.807) is 0 Å². The van der Waals surface area contributed by atoms with E-state index in [0.29, 0.717) is 6.10 Å². The fraction of sp³-hybridized carbons (Fsp3) is 1.00. The third-order valence-electron chi connectivity index (χ3n) is 3.71. The first-order valence-electron chi connectivity index (χ1n) is 5.63. The van der Waals surface area contributed by atoms with Crippen LogP contribution in [0, 0.1) is 11.8 Å². The lowest BCUT2D eigenvalue weighted by molar-refractivity contribution is 0.0371. The van der Waals surface area contributed by atoms with Gasteiger partial charge in [0.15, 0.2) is 0 Å². The second-order valence-electron chi connectivity index (χ2n) is 4.57. The fourth-order valence-electron chi connectivity index (χ4n) is 2.84. The minimum absolute atomic E-state index is 0.520. The maximum Gasteiger partial charge on any atom is 0.0611 e. The molecule has 2 nitrogen and oxygen atoms in total. The number of methoxy groups -OCH3 is 1. The van der Waals surface area contributed by atoms with Gasteiger partial charge in [0, 0.05) is 13.7 Å². The zero-order valence-corrected chi connectivity index (χ0v) is 8.59. The quantitative estimate of drug-likeness (QED) is 0.669. The van der Waals surface area contributed by atoms with Gasteiger partial charge in [0.05, 0.1) is 6.10 Å². The fourth-order valence-corrected chi connectivity index (χ4v) is 2.84. The molecule has 3 atom stereocenters. The molecule has 1 saturated heterocycles. The van der Waals surface area contributed by atoms with Crippen molar-refractivity contribution in [2.75, 3.05) is 20.2 Å². The summed E-state index contributed by atoms with van der Waals surface area (Å²) in [6.45, 7) is 2.42. The first kappa shape index (κ1) is 9.47. The van der Waals surface area contributed by atoms with Crippen LogP contribution in [0.1, 0.15) is 32.1 Å². The van der Waals surface area contributed by atoms with Crippen molar-refractivity contribution in [3.05, 3.63) is 0 Å². The Labute approximate surface area is 81.0 Å². The van der Waals surface area contributed by atoms with E-state index in [4.69, 9.17) is 4.74 Å². The summed E-state index contributed by atoms with van der Waals surface area (Å²) in [5.74, 6) is 1.72. The molecule has 0 aromatic rings. The molecule has 2 aliphatic rings. The number of rotatable bonds is 1. The van der Waals surface area contributed by atoms with E-state index in [1.807, 2.05) is 7.11 Å². The van der Waals surface area contributed by atoms with Crippen LogP contribution in [-0.2, 0) is 4.74 Å². The van der Waals surface area contributed by atoms with Gasteiger partial charge in [0.1, 0.15) is 0 Å². The monoisotopic (exact) mass is 183 g/mol. The first-order chi connectivity index (χ1) is 6.40. The molecule has 1 saturated carbocycles. The molecule has 13 heavy (non-hydrogen) atoms. The van der Waals surface area contributed by atoms with Crippen LogP contribution in [0.3, 0.4) is 0 Å². The van der Waals surface area contributed by atoms with Crippen molar-refractivity contribution in [3.63, 3.8) is 0 Å². The maximum atomic E-state index is 5.57. The second kappa shape index (κ2) is 4.43. The highest BCUT2D eigenvalue weighted by molar-refractivity contribution is 4.81. The van der Waals surface area contributed by atoms with Crippen molar-refractivity contribution < 1.29 is 4.74 Å². The van der Waals surface area contributed by atoms with Gasteiger partial charge in [-0.3, -0.25) is 0 Å². The lowest BCUT2D eigenvalue weighted by atomic mass is 9.85. The van der Waals surface area contributed by atoms with E-state index in [0.717, 1.165) is 11.8 Å². The molecule has 0 aromatic heterocycles. The molecule has 0 radical (unpaired) electrons. The summed E-state index contributed by atoms with van der Waals surface area (Å²) in [5.41, 5.74) is 0. The molecule has 1 heterocycles. The van der Waals surface area contributed by atoms with Gasteiger partial charge >= 0.3 is 0 Å². The third-order valence-corrected chi connectivity index (χ3v) is 3.71. The van der Waals surface area contributed by atoms with Gasteiger partial charge in [-0.05, 0) is 44.1 Å². The summed E-state index contributed by atoms with van der Waals surface area (Å²) in [6, 6.07) is 0. The average Bonchev–Trinajstić information content (AvgIpc) is 2.29. The number of nitrogens with one attached hydrogen (secondary N) is 1. The van der Waals surface area contributed by atoms with Crippen molar-refractivity contribution in [1.29, 1.82) is 0 Å². The smallest absolute Gasteiger partial charge is 0.0611 e. The summed E-state index contributed by atoms with van der Waals surface area (Å²) in [6.07, 6.45) is 7.35. The molecule has 2 heteroatoms. The third kappa shape index (κ3) is 2.23. The predicted octanol–water partition coefficient (Wildman–Crippen LogP) is 1.80. The van der Waals surface area contributed by atoms with Gasteiger partial charge in [-0.25, -0.2) is 0 Å². The SMILES string of the molecule is COC1CCCC2CCC1CNC2. The van der Waals surface area contributed by atoms with E-state index < -0.39 is 0 Å². The van der Waals surface area contributed by atoms with Crippen molar-refractivity contribution in [3.8, 4) is 0 Å². The standard InChI is InChI=1S/C11H21NO/c1-13-11-4-2-3-9-5-6-10(11)8-12-7-9/h9-12H,2-8H2,1H3. The van der Waals surface area contributed by atoms with Crippen molar-refractivity contribution >= 4 is 0 Å². The van der Waals surface area contributed by atoms with E-state index >= 15 is 0 Å². The van der Waals surface area contributed by atoms with Crippen LogP contribution < -0.4 is 5.32 Å². The molecular weight excluding hydrogens is 162 g/mol. The van der Waals surface area contributed by atoms with E-state index in [1.165, 1.54) is 45.2 Å². The Balaban J connectivity index is 2.01. The van der Waals surface area contributed by atoms with Crippen LogP contribution in [0.4, 0.5) is 0 Å². The average molecular weight is 183 g/mol. The highest BCUT2D eigenvalue weighted by Crippen LogP contribution is 2.29. The number of ether oxygens (including phenoxy) is 1. The molecule has 3 unspecified atom stereocenters. The lowest BCUT2D eigenvalue weighted by Gasteiger charge is -2.27. The van der Waals surface area contributed by atoms with Crippen molar-refractivity contribution in [1.82, 2.24) is 5.32 Å². The molecule has 0 amide bonds. The number of hydrogen-bond donors (Lipinski definition) is 1. The zero-order chi connectivity index (χ0) is 9.10. The molecule has 1 N–H and O–H groups in total. The molecule has 2 rings (SSSR count). The Morgan fingerprint density at radius 3 is 2.85 bits per heavy atom. The highest BCUT2D eigenvalue weighted by atomic mass is 16.5. The van der Waals surface area contributed by atoms with Gasteiger partial charge in [-0.2, -0.15) is 0 Å². The van der Waals surface area contributed by atoms with Gasteiger partial charge < -0.3 is 10.1 Å². The van der Waals surface area contributed by atoms with Gasteiger partial charge in [-0.1, -0.05) is 6.42 Å².